The van der Waals surface area contributed by atoms with Crippen molar-refractivity contribution in [2.24, 2.45) is 0 Å². The molecule has 0 amide bonds. The number of pyridine rings is 1. The number of furan rings is 1. The Morgan fingerprint density at radius 3 is 2.92 bits per heavy atom. The molecule has 0 bridgehead atoms. The zero-order chi connectivity index (χ0) is 8.55. The average Bonchev–Trinajstić information content (AvgIpc) is 2.49. The fourth-order valence-electron chi connectivity index (χ4n) is 1.32. The summed E-state index contributed by atoms with van der Waals surface area (Å²) in [4.78, 5) is 4.15. The summed E-state index contributed by atoms with van der Waals surface area (Å²) in [5, 5.41) is 1.08. The largest absolute Gasteiger partial charge is 0.464 e. The van der Waals surface area contributed by atoms with Crippen molar-refractivity contribution >= 4 is 11.0 Å². The number of fused-ring (bicyclic) bond motifs is 1. The van der Waals surface area contributed by atoms with E-state index in [0.717, 1.165) is 11.0 Å². The third-order valence-electron chi connectivity index (χ3n) is 2.01. The van der Waals surface area contributed by atoms with E-state index in [2.05, 4.69) is 18.8 Å². The molecule has 62 valence electrons. The lowest BCUT2D eigenvalue weighted by Gasteiger charge is -2.03. The van der Waals surface area contributed by atoms with Gasteiger partial charge in [0.2, 0.25) is 0 Å². The van der Waals surface area contributed by atoms with Gasteiger partial charge in [0.05, 0.1) is 6.26 Å². The zero-order valence-corrected chi connectivity index (χ0v) is 7.24. The van der Waals surface area contributed by atoms with E-state index in [4.69, 9.17) is 4.42 Å². The Bertz CT molecular complexity index is 389. The van der Waals surface area contributed by atoms with Crippen LogP contribution >= 0.6 is 0 Å². The summed E-state index contributed by atoms with van der Waals surface area (Å²) < 4.78 is 5.37. The van der Waals surface area contributed by atoms with Gasteiger partial charge in [-0.3, -0.25) is 4.98 Å². The highest BCUT2D eigenvalue weighted by molar-refractivity contribution is 5.79. The van der Waals surface area contributed by atoms with Crippen LogP contribution in [0.3, 0.4) is 0 Å². The second kappa shape index (κ2) is 2.63. The second-order valence-corrected chi connectivity index (χ2v) is 3.22. The standard InChI is InChI=1S/C10H11NO/c1-7(2)9-6-11-5-8-3-4-12-10(8)9/h3-7H,1-2H3. The first-order valence-electron chi connectivity index (χ1n) is 4.10. The summed E-state index contributed by atoms with van der Waals surface area (Å²) in [6.07, 6.45) is 5.40. The predicted molar refractivity (Wildman–Crippen MR) is 48.1 cm³/mol. The van der Waals surface area contributed by atoms with Crippen molar-refractivity contribution in [3.8, 4) is 0 Å². The molecule has 0 aliphatic rings. The van der Waals surface area contributed by atoms with Crippen LogP contribution in [0.25, 0.3) is 11.0 Å². The Morgan fingerprint density at radius 2 is 2.17 bits per heavy atom. The molecule has 2 aromatic heterocycles. The molecule has 0 saturated heterocycles. The molecule has 2 heteroatoms. The fourth-order valence-corrected chi connectivity index (χ4v) is 1.32. The Morgan fingerprint density at radius 1 is 1.33 bits per heavy atom. The van der Waals surface area contributed by atoms with Crippen LogP contribution in [-0.2, 0) is 0 Å². The van der Waals surface area contributed by atoms with E-state index in [1.165, 1.54) is 5.56 Å². The number of hydrogen-bond acceptors (Lipinski definition) is 2. The lowest BCUT2D eigenvalue weighted by molar-refractivity contribution is 0.606. The summed E-state index contributed by atoms with van der Waals surface area (Å²) >= 11 is 0. The molecule has 0 aromatic carbocycles. The highest BCUT2D eigenvalue weighted by Crippen LogP contribution is 2.24. The smallest absolute Gasteiger partial charge is 0.140 e. The van der Waals surface area contributed by atoms with Crippen molar-refractivity contribution in [3.05, 3.63) is 30.3 Å². The molecule has 0 aliphatic carbocycles. The van der Waals surface area contributed by atoms with Gasteiger partial charge in [0, 0.05) is 23.3 Å². The van der Waals surface area contributed by atoms with Crippen LogP contribution < -0.4 is 0 Å². The number of nitrogens with zero attached hydrogens (tertiary/aromatic N) is 1. The minimum absolute atomic E-state index is 0.465. The quantitative estimate of drug-likeness (QED) is 0.642. The van der Waals surface area contributed by atoms with E-state index in [-0.39, 0.29) is 0 Å². The first kappa shape index (κ1) is 7.35. The molecule has 0 atom stereocenters. The molecule has 0 spiro atoms. The number of rotatable bonds is 1. The van der Waals surface area contributed by atoms with Crippen molar-refractivity contribution in [2.45, 2.75) is 19.8 Å². The molecule has 12 heavy (non-hydrogen) atoms. The Labute approximate surface area is 71.2 Å². The monoisotopic (exact) mass is 161 g/mol. The number of hydrogen-bond donors (Lipinski definition) is 0. The SMILES string of the molecule is CC(C)c1cncc2ccoc12. The van der Waals surface area contributed by atoms with Gasteiger partial charge in [0.1, 0.15) is 5.58 Å². The van der Waals surface area contributed by atoms with Gasteiger partial charge in [-0.05, 0) is 12.0 Å². The molecular formula is C10H11NO. The molecule has 2 nitrogen and oxygen atoms in total. The molecule has 0 saturated carbocycles. The van der Waals surface area contributed by atoms with Crippen LogP contribution in [0.15, 0.2) is 29.1 Å². The minimum Gasteiger partial charge on any atom is -0.464 e. The molecule has 2 aromatic rings. The molecule has 0 aliphatic heterocycles. The van der Waals surface area contributed by atoms with Crippen molar-refractivity contribution < 1.29 is 4.42 Å². The highest BCUT2D eigenvalue weighted by Gasteiger charge is 2.07. The van der Waals surface area contributed by atoms with E-state index < -0.39 is 0 Å². The first-order valence-corrected chi connectivity index (χ1v) is 4.10. The topological polar surface area (TPSA) is 26.0 Å². The van der Waals surface area contributed by atoms with Crippen LogP contribution in [0.1, 0.15) is 25.3 Å². The number of aromatic nitrogens is 1. The summed E-state index contributed by atoms with van der Waals surface area (Å²) in [5.41, 5.74) is 2.15. The van der Waals surface area contributed by atoms with E-state index in [0.29, 0.717) is 5.92 Å². The van der Waals surface area contributed by atoms with Gasteiger partial charge in [-0.15, -0.1) is 0 Å². The molecule has 0 unspecified atom stereocenters. The third-order valence-corrected chi connectivity index (χ3v) is 2.01. The van der Waals surface area contributed by atoms with E-state index >= 15 is 0 Å². The predicted octanol–water partition coefficient (Wildman–Crippen LogP) is 2.95. The normalized spacial score (nSPS) is 11.2. The third kappa shape index (κ3) is 0.998. The first-order chi connectivity index (χ1) is 5.79. The molecule has 0 radical (unpaired) electrons. The van der Waals surface area contributed by atoms with Crippen LogP contribution in [0.5, 0.6) is 0 Å². The van der Waals surface area contributed by atoms with Gasteiger partial charge in [-0.1, -0.05) is 13.8 Å². The highest BCUT2D eigenvalue weighted by atomic mass is 16.3. The van der Waals surface area contributed by atoms with Crippen LogP contribution in [0.4, 0.5) is 0 Å². The van der Waals surface area contributed by atoms with Crippen LogP contribution in [-0.4, -0.2) is 4.98 Å². The van der Waals surface area contributed by atoms with Crippen LogP contribution in [0, 0.1) is 0 Å². The Hall–Kier alpha value is -1.31. The second-order valence-electron chi connectivity index (χ2n) is 3.22. The lowest BCUT2D eigenvalue weighted by atomic mass is 10.0. The summed E-state index contributed by atoms with van der Waals surface area (Å²) in [6, 6.07) is 1.94. The van der Waals surface area contributed by atoms with Crippen molar-refractivity contribution in [1.82, 2.24) is 4.98 Å². The summed E-state index contributed by atoms with van der Waals surface area (Å²) in [6.45, 7) is 4.28. The minimum atomic E-state index is 0.465. The van der Waals surface area contributed by atoms with Gasteiger partial charge in [0.15, 0.2) is 0 Å². The summed E-state index contributed by atoms with van der Waals surface area (Å²) in [7, 11) is 0. The summed E-state index contributed by atoms with van der Waals surface area (Å²) in [5.74, 6) is 0.465. The van der Waals surface area contributed by atoms with E-state index in [9.17, 15) is 0 Å². The molecule has 0 N–H and O–H groups in total. The van der Waals surface area contributed by atoms with Gasteiger partial charge >= 0.3 is 0 Å². The Balaban J connectivity index is 2.73. The van der Waals surface area contributed by atoms with Crippen molar-refractivity contribution in [3.63, 3.8) is 0 Å². The Kier molecular flexibility index (Phi) is 1.61. The zero-order valence-electron chi connectivity index (χ0n) is 7.24. The lowest BCUT2D eigenvalue weighted by Crippen LogP contribution is -1.88. The van der Waals surface area contributed by atoms with Gasteiger partial charge in [-0.25, -0.2) is 0 Å². The molecular weight excluding hydrogens is 150 g/mol. The molecule has 0 fully saturated rings. The van der Waals surface area contributed by atoms with E-state index in [1.54, 1.807) is 6.26 Å². The van der Waals surface area contributed by atoms with E-state index in [1.807, 2.05) is 18.5 Å². The van der Waals surface area contributed by atoms with Gasteiger partial charge < -0.3 is 4.42 Å². The average molecular weight is 161 g/mol. The van der Waals surface area contributed by atoms with Gasteiger partial charge in [-0.2, -0.15) is 0 Å². The van der Waals surface area contributed by atoms with Gasteiger partial charge in [0.25, 0.3) is 0 Å². The van der Waals surface area contributed by atoms with Crippen LogP contribution in [0.2, 0.25) is 0 Å². The molecule has 2 rings (SSSR count). The van der Waals surface area contributed by atoms with Crippen molar-refractivity contribution in [1.29, 1.82) is 0 Å². The maximum atomic E-state index is 5.37. The molecule has 2 heterocycles. The fraction of sp³-hybridized carbons (Fsp3) is 0.300. The maximum absolute atomic E-state index is 5.37. The maximum Gasteiger partial charge on any atom is 0.140 e. The van der Waals surface area contributed by atoms with Crippen molar-refractivity contribution in [2.75, 3.05) is 0 Å².